The van der Waals surface area contributed by atoms with Crippen LogP contribution in [0.5, 0.6) is 0 Å². The van der Waals surface area contributed by atoms with Crippen LogP contribution in [0.15, 0.2) is 60.9 Å². The summed E-state index contributed by atoms with van der Waals surface area (Å²) >= 11 is 0. The van der Waals surface area contributed by atoms with Crippen LogP contribution in [0.2, 0.25) is 0 Å². The van der Waals surface area contributed by atoms with Gasteiger partial charge in [0.2, 0.25) is 5.91 Å². The molecule has 0 radical (unpaired) electrons. The fourth-order valence-electron chi connectivity index (χ4n) is 2.16. The molecule has 0 atom stereocenters. The van der Waals surface area contributed by atoms with Crippen molar-refractivity contribution < 1.29 is 9.18 Å². The van der Waals surface area contributed by atoms with E-state index in [1.165, 1.54) is 22.9 Å². The minimum Gasteiger partial charge on any atom is -0.307 e. The summed E-state index contributed by atoms with van der Waals surface area (Å²) in [5.41, 5.74) is 1.38. The van der Waals surface area contributed by atoms with Crippen molar-refractivity contribution in [2.75, 3.05) is 5.32 Å². The molecule has 0 aliphatic rings. The topological polar surface area (TPSA) is 59.8 Å². The van der Waals surface area contributed by atoms with E-state index in [1.54, 1.807) is 36.7 Å². The van der Waals surface area contributed by atoms with Crippen molar-refractivity contribution in [3.05, 3.63) is 77.9 Å². The standard InChI is InChI=1S/C18H15FN4O/c1-13-8-10-20-17(12-13)23-16(9-11-21-23)22-18(24)7-6-14-4-2-3-5-15(14)19/h2-12H,1H3,(H,22,24)/b7-6+. The van der Waals surface area contributed by atoms with E-state index in [4.69, 9.17) is 0 Å². The fraction of sp³-hybridized carbons (Fsp3) is 0.0556. The van der Waals surface area contributed by atoms with Crippen LogP contribution in [-0.2, 0) is 4.79 Å². The molecule has 0 unspecified atom stereocenters. The number of anilines is 1. The normalized spacial score (nSPS) is 10.9. The van der Waals surface area contributed by atoms with Crippen molar-refractivity contribution in [2.24, 2.45) is 0 Å². The molecule has 6 heteroatoms. The minimum absolute atomic E-state index is 0.349. The van der Waals surface area contributed by atoms with Gasteiger partial charge in [0.05, 0.1) is 6.20 Å². The molecular weight excluding hydrogens is 307 g/mol. The van der Waals surface area contributed by atoms with Gasteiger partial charge in [-0.25, -0.2) is 9.37 Å². The number of aromatic nitrogens is 3. The van der Waals surface area contributed by atoms with Gasteiger partial charge in [-0.2, -0.15) is 9.78 Å². The number of amides is 1. The third-order valence-corrected chi connectivity index (χ3v) is 3.33. The Morgan fingerprint density at radius 3 is 2.83 bits per heavy atom. The average molecular weight is 322 g/mol. The van der Waals surface area contributed by atoms with Gasteiger partial charge in [0.15, 0.2) is 5.82 Å². The highest BCUT2D eigenvalue weighted by molar-refractivity contribution is 6.01. The van der Waals surface area contributed by atoms with Crippen molar-refractivity contribution in [3.63, 3.8) is 0 Å². The summed E-state index contributed by atoms with van der Waals surface area (Å²) in [6, 6.07) is 11.6. The number of halogens is 1. The molecule has 120 valence electrons. The summed E-state index contributed by atoms with van der Waals surface area (Å²) in [6.07, 6.45) is 5.95. The van der Waals surface area contributed by atoms with Crippen LogP contribution in [0.1, 0.15) is 11.1 Å². The van der Waals surface area contributed by atoms with Gasteiger partial charge in [0, 0.05) is 23.9 Å². The molecule has 2 aromatic heterocycles. The van der Waals surface area contributed by atoms with Crippen molar-refractivity contribution in [2.45, 2.75) is 6.92 Å². The van der Waals surface area contributed by atoms with E-state index in [0.717, 1.165) is 5.56 Å². The number of rotatable bonds is 4. The maximum atomic E-state index is 13.5. The highest BCUT2D eigenvalue weighted by Gasteiger charge is 2.08. The molecule has 1 aromatic carbocycles. The van der Waals surface area contributed by atoms with Gasteiger partial charge >= 0.3 is 0 Å². The molecule has 0 saturated carbocycles. The zero-order chi connectivity index (χ0) is 16.9. The molecule has 0 spiro atoms. The van der Waals surface area contributed by atoms with Gasteiger partial charge in [-0.3, -0.25) is 4.79 Å². The molecule has 3 rings (SSSR count). The van der Waals surface area contributed by atoms with Gasteiger partial charge < -0.3 is 5.32 Å². The van der Waals surface area contributed by atoms with Crippen LogP contribution in [0.25, 0.3) is 11.9 Å². The van der Waals surface area contributed by atoms with Crippen LogP contribution < -0.4 is 5.32 Å². The second-order valence-corrected chi connectivity index (χ2v) is 5.16. The van der Waals surface area contributed by atoms with Gasteiger partial charge in [-0.1, -0.05) is 18.2 Å². The smallest absolute Gasteiger partial charge is 0.249 e. The SMILES string of the molecule is Cc1ccnc(-n2nccc2NC(=O)/C=C/c2ccccc2F)c1. The first kappa shape index (κ1) is 15.6. The molecule has 24 heavy (non-hydrogen) atoms. The number of carbonyl (C=O) groups excluding carboxylic acids is 1. The first-order valence-corrected chi connectivity index (χ1v) is 7.34. The molecule has 0 saturated heterocycles. The van der Waals surface area contributed by atoms with Gasteiger partial charge in [-0.05, 0) is 36.8 Å². The number of pyridine rings is 1. The Kier molecular flexibility index (Phi) is 4.47. The number of carbonyl (C=O) groups is 1. The predicted octanol–water partition coefficient (Wildman–Crippen LogP) is 3.37. The fourth-order valence-corrected chi connectivity index (χ4v) is 2.16. The number of hydrogen-bond acceptors (Lipinski definition) is 3. The lowest BCUT2D eigenvalue weighted by Crippen LogP contribution is -2.13. The molecule has 0 bridgehead atoms. The summed E-state index contributed by atoms with van der Waals surface area (Å²) in [5, 5.41) is 6.88. The zero-order valence-electron chi connectivity index (χ0n) is 13.0. The number of benzene rings is 1. The van der Waals surface area contributed by atoms with Crippen molar-refractivity contribution >= 4 is 17.8 Å². The van der Waals surface area contributed by atoms with Crippen LogP contribution >= 0.6 is 0 Å². The lowest BCUT2D eigenvalue weighted by atomic mass is 10.2. The maximum Gasteiger partial charge on any atom is 0.249 e. The van der Waals surface area contributed by atoms with Crippen LogP contribution in [-0.4, -0.2) is 20.7 Å². The van der Waals surface area contributed by atoms with Crippen LogP contribution in [0.4, 0.5) is 10.2 Å². The second-order valence-electron chi connectivity index (χ2n) is 5.16. The van der Waals surface area contributed by atoms with E-state index in [0.29, 0.717) is 17.2 Å². The molecule has 2 heterocycles. The Bertz CT molecular complexity index is 901. The average Bonchev–Trinajstić information content (AvgIpc) is 3.02. The lowest BCUT2D eigenvalue weighted by Gasteiger charge is -2.07. The lowest BCUT2D eigenvalue weighted by molar-refractivity contribution is -0.111. The van der Waals surface area contributed by atoms with E-state index in [-0.39, 0.29) is 11.7 Å². The Morgan fingerprint density at radius 1 is 1.21 bits per heavy atom. The van der Waals surface area contributed by atoms with Crippen molar-refractivity contribution in [1.82, 2.24) is 14.8 Å². The van der Waals surface area contributed by atoms with E-state index in [2.05, 4.69) is 15.4 Å². The van der Waals surface area contributed by atoms with Gasteiger partial charge in [-0.15, -0.1) is 0 Å². The van der Waals surface area contributed by atoms with E-state index < -0.39 is 0 Å². The first-order valence-electron chi connectivity index (χ1n) is 7.34. The van der Waals surface area contributed by atoms with Gasteiger partial charge in [0.25, 0.3) is 0 Å². The highest BCUT2D eigenvalue weighted by Crippen LogP contribution is 2.14. The third kappa shape index (κ3) is 3.55. The molecule has 0 fully saturated rings. The third-order valence-electron chi connectivity index (χ3n) is 3.33. The zero-order valence-corrected chi connectivity index (χ0v) is 13.0. The van der Waals surface area contributed by atoms with Crippen molar-refractivity contribution in [1.29, 1.82) is 0 Å². The Labute approximate surface area is 138 Å². The quantitative estimate of drug-likeness (QED) is 0.749. The van der Waals surface area contributed by atoms with Gasteiger partial charge in [0.1, 0.15) is 11.6 Å². The van der Waals surface area contributed by atoms with Crippen molar-refractivity contribution in [3.8, 4) is 5.82 Å². The molecule has 1 N–H and O–H groups in total. The molecule has 1 amide bonds. The van der Waals surface area contributed by atoms with Crippen LogP contribution in [0.3, 0.4) is 0 Å². The Hall–Kier alpha value is -3.28. The van der Waals surface area contributed by atoms with E-state index in [1.807, 2.05) is 19.1 Å². The molecular formula is C18H15FN4O. The molecule has 5 nitrogen and oxygen atoms in total. The van der Waals surface area contributed by atoms with E-state index in [9.17, 15) is 9.18 Å². The van der Waals surface area contributed by atoms with E-state index >= 15 is 0 Å². The summed E-state index contributed by atoms with van der Waals surface area (Å²) in [5.74, 6) is 0.327. The molecule has 0 aliphatic carbocycles. The Morgan fingerprint density at radius 2 is 2.04 bits per heavy atom. The Balaban J connectivity index is 1.77. The highest BCUT2D eigenvalue weighted by atomic mass is 19.1. The molecule has 0 aliphatic heterocycles. The summed E-state index contributed by atoms with van der Waals surface area (Å²) < 4.78 is 15.1. The summed E-state index contributed by atoms with van der Waals surface area (Å²) in [6.45, 7) is 1.95. The van der Waals surface area contributed by atoms with Crippen LogP contribution in [0, 0.1) is 12.7 Å². The largest absolute Gasteiger partial charge is 0.307 e. The number of nitrogens with zero attached hydrogens (tertiary/aromatic N) is 3. The monoisotopic (exact) mass is 322 g/mol. The molecule has 3 aromatic rings. The summed E-state index contributed by atoms with van der Waals surface area (Å²) in [4.78, 5) is 16.3. The number of aryl methyl sites for hydroxylation is 1. The second kappa shape index (κ2) is 6.87. The number of hydrogen-bond donors (Lipinski definition) is 1. The minimum atomic E-state index is -0.382. The maximum absolute atomic E-state index is 13.5. The summed E-state index contributed by atoms with van der Waals surface area (Å²) in [7, 11) is 0. The first-order chi connectivity index (χ1) is 11.6. The number of nitrogens with one attached hydrogen (secondary N) is 1. The predicted molar refractivity (Wildman–Crippen MR) is 90.2 cm³/mol.